The van der Waals surface area contributed by atoms with Crippen molar-refractivity contribution >= 4 is 80.2 Å². The first kappa shape index (κ1) is 42.0. The van der Waals surface area contributed by atoms with Gasteiger partial charge in [-0.1, -0.05) is 84.2 Å². The number of carbonyl (C=O) groups excluding carboxylic acids is 4. The van der Waals surface area contributed by atoms with Gasteiger partial charge in [0.25, 0.3) is 0 Å². The van der Waals surface area contributed by atoms with E-state index in [1.165, 1.54) is 34.1 Å². The maximum Gasteiger partial charge on any atom is 0.418 e. The third-order valence-corrected chi connectivity index (χ3v) is 11.1. The average Bonchev–Trinajstić information content (AvgIpc) is 3.62. The number of nitrogens with zero attached hydrogens (tertiary/aromatic N) is 4. The quantitative estimate of drug-likeness (QED) is 0.102. The Morgan fingerprint density at radius 1 is 0.552 bits per heavy atom. The van der Waals surface area contributed by atoms with Gasteiger partial charge in [-0.15, -0.1) is 0 Å². The van der Waals surface area contributed by atoms with Crippen LogP contribution < -0.4 is 10.6 Å². The van der Waals surface area contributed by atoms with E-state index in [2.05, 4.69) is 20.6 Å². The van der Waals surface area contributed by atoms with E-state index in [1.54, 1.807) is 60.7 Å². The van der Waals surface area contributed by atoms with Crippen LogP contribution >= 0.6 is 23.5 Å². The van der Waals surface area contributed by atoms with Crippen molar-refractivity contribution in [2.24, 2.45) is 9.98 Å². The summed E-state index contributed by atoms with van der Waals surface area (Å²) < 4.78 is 81.2. The lowest BCUT2D eigenvalue weighted by molar-refractivity contribution is -0.138. The molecule has 0 aliphatic carbocycles. The molecule has 4 aromatic rings. The summed E-state index contributed by atoms with van der Waals surface area (Å²) in [5.41, 5.74) is -1.82. The van der Waals surface area contributed by atoms with Gasteiger partial charge in [0, 0.05) is 25.9 Å². The molecule has 2 atom stereocenters. The Morgan fingerprint density at radius 2 is 0.897 bits per heavy atom. The zero-order chi connectivity index (χ0) is 41.5. The molecule has 18 heteroatoms. The van der Waals surface area contributed by atoms with Crippen LogP contribution in [0.15, 0.2) is 119 Å². The molecule has 0 radical (unpaired) electrons. The number of aliphatic imine (C=N–C) groups is 2. The number of unbranched alkanes of at least 4 members (excludes halogenated alkanes) is 1. The molecule has 0 saturated carbocycles. The highest BCUT2D eigenvalue weighted by atomic mass is 32.2. The van der Waals surface area contributed by atoms with Gasteiger partial charge >= 0.3 is 12.4 Å². The number of halogens is 6. The number of thioether (sulfide) groups is 2. The summed E-state index contributed by atoms with van der Waals surface area (Å²) >= 11 is 2.04. The number of hydrogen-bond acceptors (Lipinski definition) is 8. The highest BCUT2D eigenvalue weighted by Gasteiger charge is 2.42. The third-order valence-electron chi connectivity index (χ3n) is 8.77. The van der Waals surface area contributed by atoms with Gasteiger partial charge in [-0.25, -0.2) is 9.98 Å². The van der Waals surface area contributed by atoms with Crippen molar-refractivity contribution in [1.82, 2.24) is 9.80 Å². The van der Waals surface area contributed by atoms with E-state index in [0.717, 1.165) is 47.8 Å². The van der Waals surface area contributed by atoms with Crippen molar-refractivity contribution in [3.63, 3.8) is 0 Å². The van der Waals surface area contributed by atoms with Gasteiger partial charge in [-0.05, 0) is 61.4 Å². The van der Waals surface area contributed by atoms with Gasteiger partial charge in [0.15, 0.2) is 10.3 Å². The Bertz CT molecular complexity index is 2050. The molecule has 302 valence electrons. The summed E-state index contributed by atoms with van der Waals surface area (Å²) in [5, 5.41) is 3.21. The molecule has 2 aliphatic rings. The zero-order valence-corrected chi connectivity index (χ0v) is 31.9. The molecule has 0 aromatic heterocycles. The molecule has 2 aliphatic heterocycles. The Balaban J connectivity index is 1.13. The molecule has 4 amide bonds. The largest absolute Gasteiger partial charge is 0.418 e. The van der Waals surface area contributed by atoms with E-state index < -0.39 is 81.8 Å². The second-order valence-electron chi connectivity index (χ2n) is 13.0. The number of amides is 4. The number of rotatable bonds is 13. The van der Waals surface area contributed by atoms with Crippen molar-refractivity contribution in [3.05, 3.63) is 120 Å². The number of anilines is 2. The van der Waals surface area contributed by atoms with Gasteiger partial charge in [-0.3, -0.25) is 29.0 Å². The molecule has 0 spiro atoms. The molecule has 10 nitrogen and oxygen atoms in total. The molecule has 2 saturated heterocycles. The van der Waals surface area contributed by atoms with Crippen LogP contribution in [0.2, 0.25) is 0 Å². The second-order valence-corrected chi connectivity index (χ2v) is 15.3. The van der Waals surface area contributed by atoms with Crippen molar-refractivity contribution in [1.29, 1.82) is 0 Å². The van der Waals surface area contributed by atoms with E-state index >= 15 is 0 Å². The summed E-state index contributed by atoms with van der Waals surface area (Å²) in [4.78, 5) is 65.4. The number of alkyl halides is 6. The van der Waals surface area contributed by atoms with E-state index in [1.807, 2.05) is 0 Å². The number of para-hydroxylation sites is 4. The van der Waals surface area contributed by atoms with Crippen LogP contribution in [0.5, 0.6) is 0 Å². The minimum absolute atomic E-state index is 0.122. The highest BCUT2D eigenvalue weighted by molar-refractivity contribution is 8.15. The molecule has 2 N–H and O–H groups in total. The lowest BCUT2D eigenvalue weighted by atomic mass is 10.1. The number of nitrogens with one attached hydrogen (secondary N) is 2. The average molecular weight is 841 g/mol. The van der Waals surface area contributed by atoms with Crippen molar-refractivity contribution in [3.8, 4) is 0 Å². The fourth-order valence-corrected chi connectivity index (χ4v) is 8.41. The maximum atomic E-state index is 13.7. The molecule has 2 heterocycles. The molecular weight excluding hydrogens is 807 g/mol. The Morgan fingerprint density at radius 3 is 1.26 bits per heavy atom. The molecule has 4 aromatic carbocycles. The molecule has 6 rings (SSSR count). The van der Waals surface area contributed by atoms with Crippen LogP contribution in [0.25, 0.3) is 0 Å². The van der Waals surface area contributed by atoms with Crippen LogP contribution in [0.3, 0.4) is 0 Å². The predicted molar refractivity (Wildman–Crippen MR) is 212 cm³/mol. The van der Waals surface area contributed by atoms with Gasteiger partial charge < -0.3 is 10.6 Å². The zero-order valence-electron chi connectivity index (χ0n) is 30.3. The number of carbonyl (C=O) groups is 4. The summed E-state index contributed by atoms with van der Waals surface area (Å²) in [6.45, 7) is 0.245. The lowest BCUT2D eigenvalue weighted by Gasteiger charge is -2.19. The van der Waals surface area contributed by atoms with Gasteiger partial charge in [0.1, 0.15) is 10.5 Å². The van der Waals surface area contributed by atoms with Gasteiger partial charge in [0.05, 0.1) is 33.9 Å². The smallest absolute Gasteiger partial charge is 0.325 e. The van der Waals surface area contributed by atoms with E-state index in [0.29, 0.717) is 34.6 Å². The molecule has 2 unspecified atom stereocenters. The van der Waals surface area contributed by atoms with Crippen LogP contribution in [0.1, 0.15) is 36.8 Å². The first-order valence-corrected chi connectivity index (χ1v) is 19.6. The van der Waals surface area contributed by atoms with Crippen LogP contribution in [0.4, 0.5) is 49.1 Å². The predicted octanol–water partition coefficient (Wildman–Crippen LogP) is 9.13. The standard InChI is InChI=1S/C40H34F6N6O4S2/c41-39(42,43)27-17-7-9-19-29(27)49-33(53)23-31-35(55)51(37(57-31)47-25-13-3-1-4-14-25)21-11-12-22-52-36(56)32(58-38(52)48-26-15-5-2-6-16-26)24-34(54)50-30-20-10-8-18-28(30)40(44,45)46/h1-10,13-20,31-32H,11-12,21-24H2,(H,49,53)(H,50,54). The SMILES string of the molecule is O=C(CC1SC(=Nc2ccccc2)N(CCCCN2C(=O)C(CC(=O)Nc3ccccc3C(F)(F)F)SC2=Nc2ccccc2)C1=O)Nc1ccccc1C(F)(F)F. The van der Waals surface area contributed by atoms with Crippen LogP contribution in [-0.4, -0.2) is 67.4 Å². The maximum absolute atomic E-state index is 13.7. The summed E-state index contributed by atoms with van der Waals surface area (Å²) in [6.07, 6.45) is -9.58. The fourth-order valence-electron chi connectivity index (χ4n) is 6.05. The second kappa shape index (κ2) is 18.3. The minimum atomic E-state index is -4.71. The van der Waals surface area contributed by atoms with E-state index in [9.17, 15) is 45.5 Å². The first-order chi connectivity index (χ1) is 27.7. The highest BCUT2D eigenvalue weighted by Crippen LogP contribution is 2.38. The molecule has 58 heavy (non-hydrogen) atoms. The molecule has 2 fully saturated rings. The first-order valence-electron chi connectivity index (χ1n) is 17.8. The molecular formula is C40H34F6N6O4S2. The fraction of sp³-hybridized carbons (Fsp3) is 0.250. The minimum Gasteiger partial charge on any atom is -0.325 e. The third kappa shape index (κ3) is 10.7. The Hall–Kier alpha value is -5.62. The van der Waals surface area contributed by atoms with Gasteiger partial charge in [-0.2, -0.15) is 26.3 Å². The topological polar surface area (TPSA) is 124 Å². The van der Waals surface area contributed by atoms with Crippen LogP contribution in [0, 0.1) is 0 Å². The Kier molecular flexibility index (Phi) is 13.3. The molecule has 0 bridgehead atoms. The normalized spacial score (nSPS) is 18.7. The van der Waals surface area contributed by atoms with E-state index in [4.69, 9.17) is 0 Å². The summed E-state index contributed by atoms with van der Waals surface area (Å²) in [5.74, 6) is -2.49. The van der Waals surface area contributed by atoms with Crippen molar-refractivity contribution in [2.45, 2.75) is 48.5 Å². The van der Waals surface area contributed by atoms with Crippen molar-refractivity contribution < 1.29 is 45.5 Å². The van der Waals surface area contributed by atoms with Crippen molar-refractivity contribution in [2.75, 3.05) is 23.7 Å². The number of benzene rings is 4. The van der Waals surface area contributed by atoms with E-state index in [-0.39, 0.29) is 13.1 Å². The van der Waals surface area contributed by atoms with Gasteiger partial charge in [0.2, 0.25) is 23.6 Å². The lowest BCUT2D eigenvalue weighted by Crippen LogP contribution is -2.36. The number of hydrogen-bond donors (Lipinski definition) is 2. The number of amidine groups is 2. The summed E-state index contributed by atoms with van der Waals surface area (Å²) in [6, 6.07) is 26.6. The van der Waals surface area contributed by atoms with Crippen LogP contribution in [-0.2, 0) is 31.5 Å². The monoisotopic (exact) mass is 840 g/mol. The Labute approximate surface area is 337 Å². The summed E-state index contributed by atoms with van der Waals surface area (Å²) in [7, 11) is 0.